The topological polar surface area (TPSA) is 48.4 Å². The van der Waals surface area contributed by atoms with Crippen LogP contribution < -0.4 is 5.32 Å². The van der Waals surface area contributed by atoms with E-state index in [4.69, 9.17) is 5.11 Å². The molecule has 0 aromatic carbocycles. The lowest BCUT2D eigenvalue weighted by Gasteiger charge is -2.28. The lowest BCUT2D eigenvalue weighted by molar-refractivity contribution is 0.184. The summed E-state index contributed by atoms with van der Waals surface area (Å²) in [6.07, 6.45) is 2.95. The standard InChI is InChI=1S/C15H26FN3O/c1-12(2)19(8-4-10-20)9-7-14(17-3)15-6-5-13(16)11-18-15/h5-6,11-12,14,17,20H,4,7-10H2,1-3H3. The molecular weight excluding hydrogens is 257 g/mol. The molecule has 0 saturated carbocycles. The second-order valence-electron chi connectivity index (χ2n) is 5.24. The van der Waals surface area contributed by atoms with E-state index >= 15 is 0 Å². The van der Waals surface area contributed by atoms with Gasteiger partial charge in [-0.3, -0.25) is 4.98 Å². The van der Waals surface area contributed by atoms with Gasteiger partial charge in [-0.25, -0.2) is 4.39 Å². The van der Waals surface area contributed by atoms with E-state index < -0.39 is 0 Å². The summed E-state index contributed by atoms with van der Waals surface area (Å²) < 4.78 is 12.9. The quantitative estimate of drug-likeness (QED) is 0.727. The van der Waals surface area contributed by atoms with Gasteiger partial charge in [0.25, 0.3) is 0 Å². The van der Waals surface area contributed by atoms with Crippen molar-refractivity contribution in [2.45, 2.75) is 38.8 Å². The van der Waals surface area contributed by atoms with Crippen molar-refractivity contribution in [3.8, 4) is 0 Å². The summed E-state index contributed by atoms with van der Waals surface area (Å²) in [6, 6.07) is 3.73. The second-order valence-corrected chi connectivity index (χ2v) is 5.24. The summed E-state index contributed by atoms with van der Waals surface area (Å²) in [6.45, 7) is 6.34. The number of nitrogens with zero attached hydrogens (tertiary/aromatic N) is 2. The molecule has 5 heteroatoms. The molecule has 1 heterocycles. The zero-order valence-corrected chi connectivity index (χ0v) is 12.6. The van der Waals surface area contributed by atoms with Crippen LogP contribution in [0, 0.1) is 5.82 Å². The number of nitrogens with one attached hydrogen (secondary N) is 1. The second kappa shape index (κ2) is 9.00. The zero-order valence-electron chi connectivity index (χ0n) is 12.6. The van der Waals surface area contributed by atoms with Gasteiger partial charge in [0, 0.05) is 25.7 Å². The molecule has 2 N–H and O–H groups in total. The number of hydrogen-bond acceptors (Lipinski definition) is 4. The molecule has 1 atom stereocenters. The molecule has 1 unspecified atom stereocenters. The summed E-state index contributed by atoms with van der Waals surface area (Å²) in [5.74, 6) is -0.310. The van der Waals surface area contributed by atoms with Gasteiger partial charge in [-0.2, -0.15) is 0 Å². The number of aliphatic hydroxyl groups is 1. The van der Waals surface area contributed by atoms with E-state index in [1.807, 2.05) is 7.05 Å². The lowest BCUT2D eigenvalue weighted by Crippen LogP contribution is -2.35. The summed E-state index contributed by atoms with van der Waals surface area (Å²) in [7, 11) is 1.89. The van der Waals surface area contributed by atoms with Crippen molar-refractivity contribution in [1.82, 2.24) is 15.2 Å². The molecule has 0 bridgehead atoms. The molecule has 0 amide bonds. The van der Waals surface area contributed by atoms with Gasteiger partial charge in [0.15, 0.2) is 0 Å². The minimum Gasteiger partial charge on any atom is -0.396 e. The third-order valence-corrected chi connectivity index (χ3v) is 3.49. The van der Waals surface area contributed by atoms with Crippen molar-refractivity contribution in [1.29, 1.82) is 0 Å². The van der Waals surface area contributed by atoms with E-state index in [9.17, 15) is 4.39 Å². The van der Waals surface area contributed by atoms with Crippen molar-refractivity contribution in [2.75, 3.05) is 26.7 Å². The molecule has 0 fully saturated rings. The molecule has 4 nitrogen and oxygen atoms in total. The number of pyridine rings is 1. The average molecular weight is 283 g/mol. The van der Waals surface area contributed by atoms with Crippen LogP contribution in [0.25, 0.3) is 0 Å². The van der Waals surface area contributed by atoms with Crippen LogP contribution in [-0.4, -0.2) is 47.8 Å². The first-order chi connectivity index (χ1) is 9.58. The van der Waals surface area contributed by atoms with Crippen LogP contribution >= 0.6 is 0 Å². The predicted octanol–water partition coefficient (Wildman–Crippen LogP) is 1.96. The Hall–Kier alpha value is -1.04. The molecule has 0 saturated heterocycles. The lowest BCUT2D eigenvalue weighted by atomic mass is 10.1. The highest BCUT2D eigenvalue weighted by Crippen LogP contribution is 2.15. The van der Waals surface area contributed by atoms with Crippen LogP contribution in [0.4, 0.5) is 4.39 Å². The van der Waals surface area contributed by atoms with Crippen molar-refractivity contribution in [3.63, 3.8) is 0 Å². The third kappa shape index (κ3) is 5.53. The van der Waals surface area contributed by atoms with Gasteiger partial charge in [0.05, 0.1) is 17.9 Å². The van der Waals surface area contributed by atoms with Crippen molar-refractivity contribution < 1.29 is 9.50 Å². The number of aromatic nitrogens is 1. The average Bonchev–Trinajstić information content (AvgIpc) is 2.44. The van der Waals surface area contributed by atoms with Crippen LogP contribution in [0.15, 0.2) is 18.3 Å². The van der Waals surface area contributed by atoms with Crippen LogP contribution in [0.3, 0.4) is 0 Å². The molecule has 1 aromatic rings. The molecule has 0 aliphatic heterocycles. The maximum Gasteiger partial charge on any atom is 0.141 e. The first kappa shape index (κ1) is 17.0. The van der Waals surface area contributed by atoms with Gasteiger partial charge >= 0.3 is 0 Å². The first-order valence-corrected chi connectivity index (χ1v) is 7.22. The van der Waals surface area contributed by atoms with Crippen LogP contribution in [-0.2, 0) is 0 Å². The summed E-state index contributed by atoms with van der Waals surface area (Å²) >= 11 is 0. The number of halogens is 1. The highest BCUT2D eigenvalue weighted by Gasteiger charge is 2.15. The van der Waals surface area contributed by atoms with Crippen LogP contribution in [0.2, 0.25) is 0 Å². The van der Waals surface area contributed by atoms with E-state index in [1.54, 1.807) is 6.07 Å². The van der Waals surface area contributed by atoms with Crippen molar-refractivity contribution >= 4 is 0 Å². The fraction of sp³-hybridized carbons (Fsp3) is 0.667. The largest absolute Gasteiger partial charge is 0.396 e. The molecular formula is C15H26FN3O. The van der Waals surface area contributed by atoms with Gasteiger partial charge in [0.1, 0.15) is 5.82 Å². The smallest absolute Gasteiger partial charge is 0.141 e. The van der Waals surface area contributed by atoms with E-state index in [0.717, 1.165) is 31.6 Å². The number of rotatable bonds is 9. The Morgan fingerprint density at radius 1 is 1.35 bits per heavy atom. The molecule has 0 spiro atoms. The highest BCUT2D eigenvalue weighted by molar-refractivity contribution is 5.09. The van der Waals surface area contributed by atoms with Gasteiger partial charge < -0.3 is 15.3 Å². The first-order valence-electron chi connectivity index (χ1n) is 7.22. The Morgan fingerprint density at radius 3 is 2.60 bits per heavy atom. The molecule has 114 valence electrons. The number of aliphatic hydroxyl groups excluding tert-OH is 1. The Kier molecular flexibility index (Phi) is 7.65. The Morgan fingerprint density at radius 2 is 2.10 bits per heavy atom. The highest BCUT2D eigenvalue weighted by atomic mass is 19.1. The summed E-state index contributed by atoms with van der Waals surface area (Å²) in [5, 5.41) is 12.2. The molecule has 1 aromatic heterocycles. The minimum atomic E-state index is -0.310. The Labute approximate surface area is 121 Å². The van der Waals surface area contributed by atoms with Gasteiger partial charge in [-0.1, -0.05) is 0 Å². The minimum absolute atomic E-state index is 0.117. The maximum atomic E-state index is 12.9. The molecule has 0 aliphatic rings. The molecule has 0 radical (unpaired) electrons. The van der Waals surface area contributed by atoms with Gasteiger partial charge in [-0.05, 0) is 45.9 Å². The van der Waals surface area contributed by atoms with Gasteiger partial charge in [-0.15, -0.1) is 0 Å². The van der Waals surface area contributed by atoms with Crippen molar-refractivity contribution in [3.05, 3.63) is 29.8 Å². The van der Waals surface area contributed by atoms with E-state index in [2.05, 4.69) is 29.0 Å². The summed E-state index contributed by atoms with van der Waals surface area (Å²) in [4.78, 5) is 6.48. The maximum absolute atomic E-state index is 12.9. The van der Waals surface area contributed by atoms with E-state index in [-0.39, 0.29) is 18.5 Å². The fourth-order valence-corrected chi connectivity index (χ4v) is 2.23. The zero-order chi connectivity index (χ0) is 15.0. The predicted molar refractivity (Wildman–Crippen MR) is 79.0 cm³/mol. The normalized spacial score (nSPS) is 13.2. The van der Waals surface area contributed by atoms with Crippen LogP contribution in [0.5, 0.6) is 0 Å². The SMILES string of the molecule is CNC(CCN(CCCO)C(C)C)c1ccc(F)cn1. The molecule has 0 aliphatic carbocycles. The molecule has 1 rings (SSSR count). The van der Waals surface area contributed by atoms with Crippen LogP contribution in [0.1, 0.15) is 38.4 Å². The number of hydrogen-bond donors (Lipinski definition) is 2. The van der Waals surface area contributed by atoms with Gasteiger partial charge in [0.2, 0.25) is 0 Å². The third-order valence-electron chi connectivity index (χ3n) is 3.49. The monoisotopic (exact) mass is 283 g/mol. The Bertz CT molecular complexity index is 370. The van der Waals surface area contributed by atoms with E-state index in [0.29, 0.717) is 6.04 Å². The Balaban J connectivity index is 2.56. The van der Waals surface area contributed by atoms with Crippen molar-refractivity contribution in [2.24, 2.45) is 0 Å². The van der Waals surface area contributed by atoms with E-state index in [1.165, 1.54) is 12.3 Å². The molecule has 20 heavy (non-hydrogen) atoms. The summed E-state index contributed by atoms with van der Waals surface area (Å²) in [5.41, 5.74) is 0.861. The fourth-order valence-electron chi connectivity index (χ4n) is 2.23.